The molecule has 0 spiro atoms. The van der Waals surface area contributed by atoms with Crippen molar-refractivity contribution in [3.63, 3.8) is 0 Å². The van der Waals surface area contributed by atoms with E-state index in [-0.39, 0.29) is 5.91 Å². The van der Waals surface area contributed by atoms with Gasteiger partial charge in [0.25, 0.3) is 5.91 Å². The van der Waals surface area contributed by atoms with Gasteiger partial charge in [-0.05, 0) is 30.7 Å². The number of methoxy groups -OCH3 is 2. The van der Waals surface area contributed by atoms with Crippen LogP contribution in [0.25, 0.3) is 0 Å². The van der Waals surface area contributed by atoms with Crippen molar-refractivity contribution in [3.8, 4) is 11.5 Å². The topological polar surface area (TPSA) is 60.5 Å². The van der Waals surface area contributed by atoms with E-state index in [1.54, 1.807) is 38.6 Å². The van der Waals surface area contributed by atoms with E-state index in [0.29, 0.717) is 18.7 Å². The zero-order chi connectivity index (χ0) is 15.1. The van der Waals surface area contributed by atoms with E-state index in [9.17, 15) is 4.79 Å². The summed E-state index contributed by atoms with van der Waals surface area (Å²) in [5, 5.41) is 2.84. The third-order valence-corrected chi connectivity index (χ3v) is 3.09. The Morgan fingerprint density at radius 2 is 1.81 bits per heavy atom. The highest BCUT2D eigenvalue weighted by atomic mass is 16.5. The maximum absolute atomic E-state index is 11.9. The molecule has 0 saturated heterocycles. The third kappa shape index (κ3) is 3.72. The zero-order valence-corrected chi connectivity index (χ0v) is 12.1. The summed E-state index contributed by atoms with van der Waals surface area (Å²) in [6.45, 7) is 0.478. The predicted octanol–water partition coefficient (Wildman–Crippen LogP) is 2.07. The molecule has 2 aromatic rings. The number of carbonyl (C=O) groups is 1. The van der Waals surface area contributed by atoms with Gasteiger partial charge in [0.05, 0.1) is 14.2 Å². The normalized spacial score (nSPS) is 10.0. The standard InChI is InChI=1S/C16H18N2O3/c1-20-14-7-5-8-15(21-2)12(14)9-11-18-16(19)13-6-3-4-10-17-13/h3-8,10H,9,11H2,1-2H3,(H,18,19). The minimum Gasteiger partial charge on any atom is -0.496 e. The molecular formula is C16H18N2O3. The predicted molar refractivity (Wildman–Crippen MR) is 79.8 cm³/mol. The average Bonchev–Trinajstić information content (AvgIpc) is 2.55. The number of nitrogens with one attached hydrogen (secondary N) is 1. The van der Waals surface area contributed by atoms with Crippen LogP contribution in [0.5, 0.6) is 11.5 Å². The SMILES string of the molecule is COc1cccc(OC)c1CCNC(=O)c1ccccn1. The lowest BCUT2D eigenvalue weighted by Gasteiger charge is -2.13. The molecule has 1 amide bonds. The quantitative estimate of drug-likeness (QED) is 0.883. The monoisotopic (exact) mass is 286 g/mol. The van der Waals surface area contributed by atoms with Gasteiger partial charge < -0.3 is 14.8 Å². The number of rotatable bonds is 6. The fraction of sp³-hybridized carbons (Fsp3) is 0.250. The van der Waals surface area contributed by atoms with Crippen molar-refractivity contribution < 1.29 is 14.3 Å². The van der Waals surface area contributed by atoms with Crippen LogP contribution < -0.4 is 14.8 Å². The Hall–Kier alpha value is -2.56. The summed E-state index contributed by atoms with van der Waals surface area (Å²) in [5.74, 6) is 1.31. The molecule has 0 unspecified atom stereocenters. The number of benzene rings is 1. The molecule has 2 rings (SSSR count). The van der Waals surface area contributed by atoms with Crippen molar-refractivity contribution in [2.45, 2.75) is 6.42 Å². The zero-order valence-electron chi connectivity index (χ0n) is 12.1. The lowest BCUT2D eigenvalue weighted by atomic mass is 10.1. The van der Waals surface area contributed by atoms with Crippen molar-refractivity contribution in [1.82, 2.24) is 10.3 Å². The molecule has 0 bridgehead atoms. The Kier molecular flexibility index (Phi) is 5.15. The Morgan fingerprint density at radius 3 is 2.38 bits per heavy atom. The van der Waals surface area contributed by atoms with Crippen molar-refractivity contribution in [2.24, 2.45) is 0 Å². The molecule has 5 heteroatoms. The van der Waals surface area contributed by atoms with Gasteiger partial charge in [-0.15, -0.1) is 0 Å². The molecule has 21 heavy (non-hydrogen) atoms. The van der Waals surface area contributed by atoms with Gasteiger partial charge in [0, 0.05) is 18.3 Å². The lowest BCUT2D eigenvalue weighted by molar-refractivity contribution is 0.0949. The van der Waals surface area contributed by atoms with Crippen LogP contribution in [0.15, 0.2) is 42.6 Å². The average molecular weight is 286 g/mol. The summed E-state index contributed by atoms with van der Waals surface area (Å²) in [5.41, 5.74) is 1.34. The van der Waals surface area contributed by atoms with Crippen LogP contribution in [0.1, 0.15) is 16.1 Å². The Morgan fingerprint density at radius 1 is 1.10 bits per heavy atom. The molecule has 0 atom stereocenters. The van der Waals surface area contributed by atoms with E-state index in [2.05, 4.69) is 10.3 Å². The summed E-state index contributed by atoms with van der Waals surface area (Å²) in [7, 11) is 3.23. The first-order chi connectivity index (χ1) is 10.3. The van der Waals surface area contributed by atoms with E-state index in [1.165, 1.54) is 0 Å². The molecule has 1 heterocycles. The van der Waals surface area contributed by atoms with E-state index >= 15 is 0 Å². The Bertz CT molecular complexity index is 577. The second-order valence-corrected chi connectivity index (χ2v) is 4.36. The van der Waals surface area contributed by atoms with E-state index < -0.39 is 0 Å². The first-order valence-corrected chi connectivity index (χ1v) is 6.65. The van der Waals surface area contributed by atoms with Gasteiger partial charge in [0.2, 0.25) is 0 Å². The second kappa shape index (κ2) is 7.28. The minimum atomic E-state index is -0.190. The number of hydrogen-bond acceptors (Lipinski definition) is 4. The molecule has 110 valence electrons. The van der Waals surface area contributed by atoms with Crippen LogP contribution >= 0.6 is 0 Å². The first kappa shape index (κ1) is 14.8. The molecule has 1 N–H and O–H groups in total. The number of amides is 1. The minimum absolute atomic E-state index is 0.190. The van der Waals surface area contributed by atoms with Gasteiger partial charge in [-0.25, -0.2) is 0 Å². The van der Waals surface area contributed by atoms with Gasteiger partial charge in [0.1, 0.15) is 17.2 Å². The lowest BCUT2D eigenvalue weighted by Crippen LogP contribution is -2.26. The molecular weight excluding hydrogens is 268 g/mol. The van der Waals surface area contributed by atoms with Crippen molar-refractivity contribution in [3.05, 3.63) is 53.9 Å². The van der Waals surface area contributed by atoms with E-state index in [4.69, 9.17) is 9.47 Å². The fourth-order valence-corrected chi connectivity index (χ4v) is 2.06. The number of nitrogens with zero attached hydrogens (tertiary/aromatic N) is 1. The molecule has 5 nitrogen and oxygen atoms in total. The molecule has 0 radical (unpaired) electrons. The number of pyridine rings is 1. The van der Waals surface area contributed by atoms with Crippen LogP contribution in [-0.4, -0.2) is 31.7 Å². The van der Waals surface area contributed by atoms with Crippen LogP contribution in [0, 0.1) is 0 Å². The smallest absolute Gasteiger partial charge is 0.269 e. The molecule has 0 aliphatic heterocycles. The maximum atomic E-state index is 11.9. The molecule has 0 aliphatic rings. The largest absolute Gasteiger partial charge is 0.496 e. The summed E-state index contributed by atoms with van der Waals surface area (Å²) in [4.78, 5) is 15.9. The fourth-order valence-electron chi connectivity index (χ4n) is 2.06. The molecule has 0 saturated carbocycles. The summed E-state index contributed by atoms with van der Waals surface area (Å²) >= 11 is 0. The van der Waals surface area contributed by atoms with E-state index in [1.807, 2.05) is 18.2 Å². The highest BCUT2D eigenvalue weighted by molar-refractivity contribution is 5.92. The first-order valence-electron chi connectivity index (χ1n) is 6.65. The van der Waals surface area contributed by atoms with Gasteiger partial charge in [-0.1, -0.05) is 12.1 Å². The molecule has 1 aromatic heterocycles. The third-order valence-electron chi connectivity index (χ3n) is 3.09. The van der Waals surface area contributed by atoms with Crippen LogP contribution in [0.3, 0.4) is 0 Å². The molecule has 0 fully saturated rings. The van der Waals surface area contributed by atoms with Crippen LogP contribution in [0.4, 0.5) is 0 Å². The molecule has 0 aliphatic carbocycles. The number of ether oxygens (including phenoxy) is 2. The maximum Gasteiger partial charge on any atom is 0.269 e. The van der Waals surface area contributed by atoms with Gasteiger partial charge in [-0.3, -0.25) is 9.78 Å². The Balaban J connectivity index is 1.99. The molecule has 1 aromatic carbocycles. The van der Waals surface area contributed by atoms with E-state index in [0.717, 1.165) is 17.1 Å². The second-order valence-electron chi connectivity index (χ2n) is 4.36. The van der Waals surface area contributed by atoms with Gasteiger partial charge in [0.15, 0.2) is 0 Å². The van der Waals surface area contributed by atoms with Crippen LogP contribution in [0.2, 0.25) is 0 Å². The highest BCUT2D eigenvalue weighted by Gasteiger charge is 2.11. The van der Waals surface area contributed by atoms with Gasteiger partial charge in [-0.2, -0.15) is 0 Å². The number of hydrogen-bond donors (Lipinski definition) is 1. The van der Waals surface area contributed by atoms with Crippen molar-refractivity contribution in [2.75, 3.05) is 20.8 Å². The number of aromatic nitrogens is 1. The van der Waals surface area contributed by atoms with Crippen molar-refractivity contribution in [1.29, 1.82) is 0 Å². The van der Waals surface area contributed by atoms with Crippen LogP contribution in [-0.2, 0) is 6.42 Å². The number of carbonyl (C=O) groups excluding carboxylic acids is 1. The Labute approximate surface area is 123 Å². The highest BCUT2D eigenvalue weighted by Crippen LogP contribution is 2.28. The summed E-state index contributed by atoms with van der Waals surface area (Å²) in [6, 6.07) is 10.9. The van der Waals surface area contributed by atoms with Crippen molar-refractivity contribution >= 4 is 5.91 Å². The summed E-state index contributed by atoms with van der Waals surface area (Å²) < 4.78 is 10.6. The summed E-state index contributed by atoms with van der Waals surface area (Å²) in [6.07, 6.45) is 2.21. The van der Waals surface area contributed by atoms with Gasteiger partial charge >= 0.3 is 0 Å².